The van der Waals surface area contributed by atoms with Gasteiger partial charge in [-0.05, 0) is 35.9 Å². The molecule has 6 heteroatoms. The molecule has 6 nitrogen and oxygen atoms in total. The Hall–Kier alpha value is -3.64. The summed E-state index contributed by atoms with van der Waals surface area (Å²) in [5.74, 6) is -0.399. The van der Waals surface area contributed by atoms with E-state index in [1.807, 2.05) is 30.3 Å². The molecule has 0 saturated heterocycles. The summed E-state index contributed by atoms with van der Waals surface area (Å²) in [5, 5.41) is 0. The normalized spacial score (nSPS) is 10.4. The van der Waals surface area contributed by atoms with Gasteiger partial charge < -0.3 is 18.9 Å². The minimum Gasteiger partial charge on any atom is -0.492 e. The van der Waals surface area contributed by atoms with Crippen LogP contribution in [0.25, 0.3) is 0 Å². The molecule has 0 aliphatic carbocycles. The lowest BCUT2D eigenvalue weighted by Crippen LogP contribution is -2.13. The number of carbonyl (C=O) groups excluding carboxylic acids is 2. The molecule has 0 unspecified atom stereocenters. The third kappa shape index (κ3) is 6.69. The molecular formula is C25H24O6. The smallest absolute Gasteiger partial charge is 0.347 e. The molecule has 0 saturated carbocycles. The van der Waals surface area contributed by atoms with Crippen LogP contribution < -0.4 is 9.47 Å². The van der Waals surface area contributed by atoms with Gasteiger partial charge in [-0.25, -0.2) is 9.59 Å². The van der Waals surface area contributed by atoms with Crippen molar-refractivity contribution in [1.82, 2.24) is 0 Å². The monoisotopic (exact) mass is 420 g/mol. The van der Waals surface area contributed by atoms with Gasteiger partial charge in [-0.2, -0.15) is 0 Å². The largest absolute Gasteiger partial charge is 0.492 e. The summed E-state index contributed by atoms with van der Waals surface area (Å²) in [6.45, 7) is 0.881. The van der Waals surface area contributed by atoms with Crippen molar-refractivity contribution >= 4 is 11.9 Å². The van der Waals surface area contributed by atoms with Gasteiger partial charge in [0.25, 0.3) is 0 Å². The summed E-state index contributed by atoms with van der Waals surface area (Å²) in [4.78, 5) is 24.8. The van der Waals surface area contributed by atoms with E-state index in [9.17, 15) is 9.59 Å². The molecule has 3 rings (SSSR count). The van der Waals surface area contributed by atoms with Crippen LogP contribution in [-0.2, 0) is 15.9 Å². The van der Waals surface area contributed by atoms with Gasteiger partial charge in [0.1, 0.15) is 23.7 Å². The molecule has 0 radical (unpaired) electrons. The Kier molecular flexibility index (Phi) is 8.20. The van der Waals surface area contributed by atoms with Gasteiger partial charge in [-0.3, -0.25) is 0 Å². The fourth-order valence-corrected chi connectivity index (χ4v) is 2.83. The molecule has 0 fully saturated rings. The first kappa shape index (κ1) is 22.1. The van der Waals surface area contributed by atoms with Crippen molar-refractivity contribution in [2.45, 2.75) is 6.42 Å². The SMILES string of the molecule is COCCOC(=O)c1cccc(OC(=O)c2ccccc2OCCc2ccccc2)c1. The average Bonchev–Trinajstić information content (AvgIpc) is 2.80. The van der Waals surface area contributed by atoms with Crippen molar-refractivity contribution in [3.05, 3.63) is 95.6 Å². The third-order valence-corrected chi connectivity index (χ3v) is 4.40. The Labute approximate surface area is 181 Å². The zero-order valence-electron chi connectivity index (χ0n) is 17.3. The van der Waals surface area contributed by atoms with E-state index in [0.717, 1.165) is 12.0 Å². The molecule has 0 aliphatic heterocycles. The van der Waals surface area contributed by atoms with Crippen LogP contribution in [0.4, 0.5) is 0 Å². The van der Waals surface area contributed by atoms with Crippen LogP contribution in [0.1, 0.15) is 26.3 Å². The Morgan fingerprint density at radius 2 is 1.55 bits per heavy atom. The van der Waals surface area contributed by atoms with Gasteiger partial charge >= 0.3 is 11.9 Å². The van der Waals surface area contributed by atoms with Gasteiger partial charge in [-0.1, -0.05) is 48.5 Å². The van der Waals surface area contributed by atoms with Crippen molar-refractivity contribution in [3.63, 3.8) is 0 Å². The topological polar surface area (TPSA) is 71.1 Å². The number of ether oxygens (including phenoxy) is 4. The number of rotatable bonds is 10. The Balaban J connectivity index is 1.63. The first-order valence-corrected chi connectivity index (χ1v) is 9.91. The van der Waals surface area contributed by atoms with E-state index in [4.69, 9.17) is 18.9 Å². The number of benzene rings is 3. The van der Waals surface area contributed by atoms with Crippen molar-refractivity contribution in [2.75, 3.05) is 26.9 Å². The van der Waals surface area contributed by atoms with Crippen LogP contribution in [-0.4, -0.2) is 38.9 Å². The standard InChI is InChI=1S/C25H24O6/c1-28-16-17-30-24(26)20-10-7-11-21(18-20)31-25(27)22-12-5-6-13-23(22)29-15-14-19-8-3-2-4-9-19/h2-13,18H,14-17H2,1H3. The van der Waals surface area contributed by atoms with Gasteiger partial charge in [0.05, 0.1) is 18.8 Å². The lowest BCUT2D eigenvalue weighted by atomic mass is 10.1. The van der Waals surface area contributed by atoms with E-state index in [-0.39, 0.29) is 17.9 Å². The van der Waals surface area contributed by atoms with Gasteiger partial charge in [0.2, 0.25) is 0 Å². The predicted octanol–water partition coefficient (Wildman–Crippen LogP) is 4.33. The van der Waals surface area contributed by atoms with Crippen LogP contribution in [0.2, 0.25) is 0 Å². The highest BCUT2D eigenvalue weighted by molar-refractivity contribution is 5.94. The summed E-state index contributed by atoms with van der Waals surface area (Å²) < 4.78 is 21.2. The molecule has 0 heterocycles. The minimum atomic E-state index is -0.569. The molecule has 3 aromatic rings. The highest BCUT2D eigenvalue weighted by Gasteiger charge is 2.16. The third-order valence-electron chi connectivity index (χ3n) is 4.40. The van der Waals surface area contributed by atoms with Crippen LogP contribution in [0.5, 0.6) is 11.5 Å². The Morgan fingerprint density at radius 3 is 2.35 bits per heavy atom. The number of carbonyl (C=O) groups is 2. The molecule has 0 aliphatic rings. The molecular weight excluding hydrogens is 396 g/mol. The molecule has 0 spiro atoms. The van der Waals surface area contributed by atoms with E-state index in [1.54, 1.807) is 42.5 Å². The average molecular weight is 420 g/mol. The first-order chi connectivity index (χ1) is 15.2. The summed E-state index contributed by atoms with van der Waals surface area (Å²) in [5.41, 5.74) is 1.74. The Bertz CT molecular complexity index is 1000. The quantitative estimate of drug-likeness (QED) is 0.276. The zero-order valence-corrected chi connectivity index (χ0v) is 17.3. The molecule has 160 valence electrons. The van der Waals surface area contributed by atoms with Crippen LogP contribution >= 0.6 is 0 Å². The first-order valence-electron chi connectivity index (χ1n) is 9.91. The van der Waals surface area contributed by atoms with Crippen molar-refractivity contribution < 1.29 is 28.5 Å². The molecule has 31 heavy (non-hydrogen) atoms. The molecule has 0 bridgehead atoms. The highest BCUT2D eigenvalue weighted by Crippen LogP contribution is 2.22. The fraction of sp³-hybridized carbons (Fsp3) is 0.200. The lowest BCUT2D eigenvalue weighted by Gasteiger charge is -2.12. The van der Waals surface area contributed by atoms with Gasteiger partial charge in [-0.15, -0.1) is 0 Å². The molecule has 0 atom stereocenters. The minimum absolute atomic E-state index is 0.146. The summed E-state index contributed by atoms with van der Waals surface area (Å²) in [6, 6.07) is 23.1. The molecule has 0 N–H and O–H groups in total. The van der Waals surface area contributed by atoms with E-state index in [1.165, 1.54) is 13.2 Å². The Morgan fingerprint density at radius 1 is 0.774 bits per heavy atom. The summed E-state index contributed by atoms with van der Waals surface area (Å²) in [6.07, 6.45) is 0.720. The lowest BCUT2D eigenvalue weighted by molar-refractivity contribution is 0.0387. The summed E-state index contributed by atoms with van der Waals surface area (Å²) in [7, 11) is 1.52. The van der Waals surface area contributed by atoms with Crippen LogP contribution in [0, 0.1) is 0 Å². The van der Waals surface area contributed by atoms with E-state index < -0.39 is 11.9 Å². The van der Waals surface area contributed by atoms with Gasteiger partial charge in [0.15, 0.2) is 0 Å². The maximum absolute atomic E-state index is 12.7. The van der Waals surface area contributed by atoms with Crippen LogP contribution in [0.15, 0.2) is 78.9 Å². The van der Waals surface area contributed by atoms with E-state index in [0.29, 0.717) is 24.5 Å². The predicted molar refractivity (Wildman–Crippen MR) is 116 cm³/mol. The number of methoxy groups -OCH3 is 1. The number of esters is 2. The van der Waals surface area contributed by atoms with E-state index >= 15 is 0 Å². The van der Waals surface area contributed by atoms with Gasteiger partial charge in [0, 0.05) is 13.5 Å². The molecule has 0 aromatic heterocycles. The van der Waals surface area contributed by atoms with Crippen molar-refractivity contribution in [2.24, 2.45) is 0 Å². The fourth-order valence-electron chi connectivity index (χ4n) is 2.83. The maximum atomic E-state index is 12.7. The van der Waals surface area contributed by atoms with Crippen molar-refractivity contribution in [1.29, 1.82) is 0 Å². The maximum Gasteiger partial charge on any atom is 0.347 e. The van der Waals surface area contributed by atoms with Crippen LogP contribution in [0.3, 0.4) is 0 Å². The number of hydrogen-bond acceptors (Lipinski definition) is 6. The second-order valence-electron chi connectivity index (χ2n) is 6.63. The zero-order chi connectivity index (χ0) is 21.9. The summed E-state index contributed by atoms with van der Waals surface area (Å²) >= 11 is 0. The highest BCUT2D eigenvalue weighted by atomic mass is 16.6. The number of hydrogen-bond donors (Lipinski definition) is 0. The number of para-hydroxylation sites is 1. The second-order valence-corrected chi connectivity index (χ2v) is 6.63. The molecule has 0 amide bonds. The molecule has 3 aromatic carbocycles. The van der Waals surface area contributed by atoms with Crippen molar-refractivity contribution in [3.8, 4) is 11.5 Å². The second kappa shape index (κ2) is 11.5. The van der Waals surface area contributed by atoms with E-state index in [2.05, 4.69) is 0 Å².